The third kappa shape index (κ3) is 4.62. The number of rotatable bonds is 8. The van der Waals surface area contributed by atoms with E-state index in [-0.39, 0.29) is 5.56 Å². The van der Waals surface area contributed by atoms with E-state index in [1.54, 1.807) is 18.4 Å². The van der Waals surface area contributed by atoms with E-state index in [0.29, 0.717) is 12.5 Å². The number of methoxy groups -OCH3 is 1. The number of aromatic amines is 1. The van der Waals surface area contributed by atoms with Crippen molar-refractivity contribution in [3.8, 4) is 5.75 Å². The number of ether oxygens (including phenoxy) is 1. The van der Waals surface area contributed by atoms with Gasteiger partial charge >= 0.3 is 0 Å². The zero-order chi connectivity index (χ0) is 20.3. The molecule has 0 amide bonds. The van der Waals surface area contributed by atoms with Gasteiger partial charge in [-0.15, -0.1) is 11.3 Å². The van der Waals surface area contributed by atoms with Crippen molar-refractivity contribution < 1.29 is 9.64 Å². The summed E-state index contributed by atoms with van der Waals surface area (Å²) in [5.41, 5.74) is 2.40. The van der Waals surface area contributed by atoms with Gasteiger partial charge in [-0.3, -0.25) is 4.79 Å². The summed E-state index contributed by atoms with van der Waals surface area (Å²) in [5, 5.41) is 0.791. The minimum absolute atomic E-state index is 0.0000921. The Kier molecular flexibility index (Phi) is 6.52. The number of thiophene rings is 1. The van der Waals surface area contributed by atoms with Crippen molar-refractivity contribution in [2.75, 3.05) is 14.2 Å². The summed E-state index contributed by atoms with van der Waals surface area (Å²) in [6, 6.07) is 8.10. The van der Waals surface area contributed by atoms with Gasteiger partial charge in [0.25, 0.3) is 5.56 Å². The van der Waals surface area contributed by atoms with Gasteiger partial charge in [-0.1, -0.05) is 20.3 Å². The van der Waals surface area contributed by atoms with Crippen LogP contribution >= 0.6 is 11.3 Å². The molecule has 2 atom stereocenters. The van der Waals surface area contributed by atoms with Crippen LogP contribution in [0.15, 0.2) is 29.1 Å². The summed E-state index contributed by atoms with van der Waals surface area (Å²) in [6.07, 6.45) is 2.05. The summed E-state index contributed by atoms with van der Waals surface area (Å²) in [5.74, 6) is 2.18. The highest BCUT2D eigenvalue weighted by Crippen LogP contribution is 2.29. The molecule has 0 saturated carbocycles. The molecule has 0 radical (unpaired) electrons. The second kappa shape index (κ2) is 8.88. The number of hydrogen-bond acceptors (Lipinski definition) is 4. The highest BCUT2D eigenvalue weighted by Gasteiger charge is 2.18. The van der Waals surface area contributed by atoms with Gasteiger partial charge in [-0.05, 0) is 49.1 Å². The molecule has 2 N–H and O–H groups in total. The van der Waals surface area contributed by atoms with E-state index in [9.17, 15) is 4.79 Å². The van der Waals surface area contributed by atoms with Gasteiger partial charge in [0.2, 0.25) is 0 Å². The molecule has 0 fully saturated rings. The van der Waals surface area contributed by atoms with Gasteiger partial charge in [-0.2, -0.15) is 0 Å². The second-order valence-electron chi connectivity index (χ2n) is 7.71. The SMILES string of the molecule is CC[C@H](C)Cc1c(C)sc2nc(C[NH+](C)Cc3ccc(OC)cc3)[nH]c(=O)c12. The van der Waals surface area contributed by atoms with Gasteiger partial charge in [0, 0.05) is 10.4 Å². The molecule has 3 rings (SSSR count). The third-order valence-corrected chi connectivity index (χ3v) is 6.34. The van der Waals surface area contributed by atoms with Gasteiger partial charge < -0.3 is 14.6 Å². The number of H-pyrrole nitrogens is 1. The van der Waals surface area contributed by atoms with Crippen LogP contribution in [0.5, 0.6) is 5.75 Å². The molecular weight excluding hydrogens is 370 g/mol. The first-order valence-electron chi connectivity index (χ1n) is 9.86. The number of nitrogens with one attached hydrogen (secondary N) is 2. The standard InChI is InChI=1S/C22H29N3O2S/c1-6-14(2)11-18-15(3)28-22-20(18)21(26)23-19(24-22)13-25(4)12-16-7-9-17(27-5)10-8-16/h7-10,14H,6,11-13H2,1-5H3,(H,23,24,26)/p+1/t14-/m0/s1. The van der Waals surface area contributed by atoms with Crippen molar-refractivity contribution in [3.63, 3.8) is 0 Å². The van der Waals surface area contributed by atoms with Crippen molar-refractivity contribution in [2.45, 2.75) is 46.7 Å². The van der Waals surface area contributed by atoms with E-state index in [2.05, 4.69) is 44.9 Å². The Balaban J connectivity index is 1.79. The molecule has 6 heteroatoms. The minimum atomic E-state index is -0.0000921. The lowest BCUT2D eigenvalue weighted by atomic mass is 9.98. The highest BCUT2D eigenvalue weighted by molar-refractivity contribution is 7.18. The summed E-state index contributed by atoms with van der Waals surface area (Å²) >= 11 is 1.64. The first-order valence-corrected chi connectivity index (χ1v) is 10.7. The molecule has 3 aromatic rings. The first kappa shape index (κ1) is 20.6. The maximum Gasteiger partial charge on any atom is 0.260 e. The molecule has 28 heavy (non-hydrogen) atoms. The minimum Gasteiger partial charge on any atom is -0.497 e. The van der Waals surface area contributed by atoms with Gasteiger partial charge in [0.05, 0.1) is 19.5 Å². The molecule has 2 heterocycles. The molecule has 2 aromatic heterocycles. The van der Waals surface area contributed by atoms with E-state index in [1.165, 1.54) is 20.9 Å². The number of quaternary nitrogens is 1. The fourth-order valence-corrected chi connectivity index (χ4v) is 4.55. The van der Waals surface area contributed by atoms with Crippen LogP contribution in [-0.2, 0) is 19.5 Å². The fraction of sp³-hybridized carbons (Fsp3) is 0.455. The van der Waals surface area contributed by atoms with Crippen LogP contribution in [0.25, 0.3) is 10.2 Å². The molecule has 0 spiro atoms. The van der Waals surface area contributed by atoms with Crippen LogP contribution in [0.2, 0.25) is 0 Å². The van der Waals surface area contributed by atoms with Crippen LogP contribution in [0, 0.1) is 12.8 Å². The number of fused-ring (bicyclic) bond motifs is 1. The largest absolute Gasteiger partial charge is 0.497 e. The Labute approximate surface area is 170 Å². The quantitative estimate of drug-likeness (QED) is 0.611. The number of hydrogen-bond donors (Lipinski definition) is 2. The predicted octanol–water partition coefficient (Wildman–Crippen LogP) is 3.11. The van der Waals surface area contributed by atoms with E-state index < -0.39 is 0 Å². The Morgan fingerprint density at radius 1 is 1.25 bits per heavy atom. The Morgan fingerprint density at radius 2 is 1.96 bits per heavy atom. The van der Waals surface area contributed by atoms with Crippen LogP contribution < -0.4 is 15.2 Å². The number of aryl methyl sites for hydroxylation is 1. The summed E-state index contributed by atoms with van der Waals surface area (Å²) in [7, 11) is 3.79. The first-order chi connectivity index (χ1) is 13.4. The third-order valence-electron chi connectivity index (χ3n) is 5.30. The van der Waals surface area contributed by atoms with Crippen LogP contribution in [0.1, 0.15) is 42.1 Å². The maximum atomic E-state index is 12.8. The van der Waals surface area contributed by atoms with Crippen LogP contribution in [-0.4, -0.2) is 24.1 Å². The lowest BCUT2D eigenvalue weighted by molar-refractivity contribution is -0.908. The number of aromatic nitrogens is 2. The molecule has 0 aliphatic rings. The summed E-state index contributed by atoms with van der Waals surface area (Å²) in [6.45, 7) is 8.06. The topological polar surface area (TPSA) is 59.4 Å². The zero-order valence-corrected chi connectivity index (χ0v) is 18.2. The summed E-state index contributed by atoms with van der Waals surface area (Å²) < 4.78 is 5.21. The zero-order valence-electron chi connectivity index (χ0n) is 17.4. The van der Waals surface area contributed by atoms with Gasteiger partial charge in [-0.25, -0.2) is 4.98 Å². The van der Waals surface area contributed by atoms with E-state index in [4.69, 9.17) is 9.72 Å². The molecule has 0 saturated heterocycles. The van der Waals surface area contributed by atoms with Crippen molar-refractivity contribution in [2.24, 2.45) is 5.92 Å². The second-order valence-corrected chi connectivity index (χ2v) is 8.91. The average molecular weight is 401 g/mol. The molecule has 0 bridgehead atoms. The molecule has 5 nitrogen and oxygen atoms in total. The fourth-order valence-electron chi connectivity index (χ4n) is 3.48. The van der Waals surface area contributed by atoms with Crippen LogP contribution in [0.4, 0.5) is 0 Å². The Morgan fingerprint density at radius 3 is 2.61 bits per heavy atom. The Bertz CT molecular complexity index is 991. The average Bonchev–Trinajstić information content (AvgIpc) is 2.97. The molecule has 1 aromatic carbocycles. The number of benzene rings is 1. The van der Waals surface area contributed by atoms with Crippen molar-refractivity contribution in [1.29, 1.82) is 0 Å². The van der Waals surface area contributed by atoms with Crippen molar-refractivity contribution >= 4 is 21.6 Å². The van der Waals surface area contributed by atoms with E-state index in [1.807, 2.05) is 12.1 Å². The molecular formula is C22H30N3O2S+. The predicted molar refractivity (Wildman–Crippen MR) is 115 cm³/mol. The van der Waals surface area contributed by atoms with E-state index >= 15 is 0 Å². The Hall–Kier alpha value is -2.18. The smallest absolute Gasteiger partial charge is 0.260 e. The lowest BCUT2D eigenvalue weighted by Crippen LogP contribution is -3.06. The molecule has 0 aliphatic carbocycles. The van der Waals surface area contributed by atoms with Crippen LogP contribution in [0.3, 0.4) is 0 Å². The monoisotopic (exact) mass is 400 g/mol. The highest BCUT2D eigenvalue weighted by atomic mass is 32.1. The lowest BCUT2D eigenvalue weighted by Gasteiger charge is -2.14. The summed E-state index contributed by atoms with van der Waals surface area (Å²) in [4.78, 5) is 24.0. The normalized spacial score (nSPS) is 13.6. The van der Waals surface area contributed by atoms with Gasteiger partial charge in [0.1, 0.15) is 23.7 Å². The van der Waals surface area contributed by atoms with Gasteiger partial charge in [0.15, 0.2) is 5.82 Å². The van der Waals surface area contributed by atoms with Crippen molar-refractivity contribution in [3.05, 3.63) is 56.4 Å². The molecule has 150 valence electrons. The van der Waals surface area contributed by atoms with Crippen molar-refractivity contribution in [1.82, 2.24) is 9.97 Å². The molecule has 0 aliphatic heterocycles. The molecule has 1 unspecified atom stereocenters. The maximum absolute atomic E-state index is 12.8. The number of nitrogens with zero attached hydrogens (tertiary/aromatic N) is 1. The van der Waals surface area contributed by atoms with E-state index in [0.717, 1.165) is 41.2 Å².